The van der Waals surface area contributed by atoms with E-state index < -0.39 is 16.0 Å². The van der Waals surface area contributed by atoms with Gasteiger partial charge in [0.15, 0.2) is 0 Å². The highest BCUT2D eigenvalue weighted by Crippen LogP contribution is 2.30. The third kappa shape index (κ3) is 5.33. The number of halogens is 1. The van der Waals surface area contributed by atoms with Gasteiger partial charge in [-0.3, -0.25) is 4.79 Å². The monoisotopic (exact) mass is 406 g/mol. The Bertz CT molecular complexity index is 739. The summed E-state index contributed by atoms with van der Waals surface area (Å²) < 4.78 is 32.9. The highest BCUT2D eigenvalue weighted by atomic mass is 35.5. The molecule has 2 N–H and O–H groups in total. The van der Waals surface area contributed by atoms with Gasteiger partial charge in [0.1, 0.15) is 5.75 Å². The second-order valence-corrected chi connectivity index (χ2v) is 8.39. The number of ether oxygens (including phenoxy) is 1. The van der Waals surface area contributed by atoms with Gasteiger partial charge < -0.3 is 15.2 Å². The lowest BCUT2D eigenvalue weighted by Crippen LogP contribution is -2.43. The van der Waals surface area contributed by atoms with Crippen molar-refractivity contribution in [3.05, 3.63) is 23.3 Å². The van der Waals surface area contributed by atoms with Crippen LogP contribution in [0.3, 0.4) is 0 Å². The predicted molar refractivity (Wildman–Crippen MR) is 102 cm³/mol. The molecule has 0 bridgehead atoms. The molecule has 0 aliphatic carbocycles. The number of methoxy groups -OCH3 is 1. The Morgan fingerprint density at radius 1 is 1.35 bits per heavy atom. The molecule has 1 aliphatic rings. The van der Waals surface area contributed by atoms with Crippen molar-refractivity contribution in [2.75, 3.05) is 33.3 Å². The van der Waals surface area contributed by atoms with Crippen LogP contribution in [0.5, 0.6) is 5.75 Å². The molecule has 9 heteroatoms. The average molecular weight is 407 g/mol. The largest absolute Gasteiger partial charge is 0.496 e. The number of carboxylic acid groups (broad SMARTS) is 1. The Morgan fingerprint density at radius 3 is 2.65 bits per heavy atom. The molecular formula is C17H27ClN2O5S. The molecule has 148 valence electrons. The van der Waals surface area contributed by atoms with E-state index in [9.17, 15) is 13.2 Å². The molecule has 1 saturated heterocycles. The maximum atomic E-state index is 13.1. The topological polar surface area (TPSA) is 95.9 Å². The molecule has 0 aromatic heterocycles. The van der Waals surface area contributed by atoms with Crippen LogP contribution in [0.1, 0.15) is 24.0 Å². The van der Waals surface area contributed by atoms with E-state index in [4.69, 9.17) is 9.84 Å². The molecule has 0 radical (unpaired) electrons. The minimum atomic E-state index is -3.58. The summed E-state index contributed by atoms with van der Waals surface area (Å²) in [6.07, 6.45) is 1.66. The van der Waals surface area contributed by atoms with Crippen molar-refractivity contribution in [2.45, 2.75) is 31.6 Å². The number of carboxylic acids is 1. The van der Waals surface area contributed by atoms with Crippen LogP contribution < -0.4 is 10.1 Å². The normalized spacial score (nSPS) is 18.2. The fraction of sp³-hybridized carbons (Fsp3) is 0.588. The molecule has 1 atom stereocenters. The number of carbonyl (C=O) groups is 1. The summed E-state index contributed by atoms with van der Waals surface area (Å²) in [5, 5.41) is 11.6. The lowest BCUT2D eigenvalue weighted by atomic mass is 10.00. The smallest absolute Gasteiger partial charge is 0.317 e. The third-order valence-corrected chi connectivity index (χ3v) is 6.51. The Hall–Kier alpha value is -1.35. The van der Waals surface area contributed by atoms with Crippen LogP contribution in [0.15, 0.2) is 17.0 Å². The van der Waals surface area contributed by atoms with Gasteiger partial charge in [-0.1, -0.05) is 0 Å². The number of benzene rings is 1. The van der Waals surface area contributed by atoms with Crippen molar-refractivity contribution in [3.8, 4) is 5.75 Å². The van der Waals surface area contributed by atoms with Crippen molar-refractivity contribution < 1.29 is 23.1 Å². The van der Waals surface area contributed by atoms with Gasteiger partial charge in [-0.2, -0.15) is 4.31 Å². The molecule has 1 aliphatic heterocycles. The molecule has 0 amide bonds. The van der Waals surface area contributed by atoms with E-state index in [2.05, 4.69) is 5.32 Å². The Morgan fingerprint density at radius 2 is 2.04 bits per heavy atom. The Balaban J connectivity index is 0.00000338. The first-order valence-corrected chi connectivity index (χ1v) is 9.77. The molecule has 1 fully saturated rings. The quantitative estimate of drug-likeness (QED) is 0.716. The third-order valence-electron chi connectivity index (χ3n) is 4.50. The van der Waals surface area contributed by atoms with Gasteiger partial charge in [0.25, 0.3) is 0 Å². The van der Waals surface area contributed by atoms with Gasteiger partial charge in [0, 0.05) is 13.1 Å². The number of rotatable bonds is 7. The predicted octanol–water partition coefficient (Wildman–Crippen LogP) is 1.81. The van der Waals surface area contributed by atoms with Crippen LogP contribution in [0.25, 0.3) is 0 Å². The first-order valence-electron chi connectivity index (χ1n) is 8.33. The minimum absolute atomic E-state index is 0. The number of aliphatic carboxylic acids is 1. The molecule has 0 saturated carbocycles. The summed E-state index contributed by atoms with van der Waals surface area (Å²) in [5.41, 5.74) is 1.44. The van der Waals surface area contributed by atoms with Crippen molar-refractivity contribution >= 4 is 28.4 Å². The average Bonchev–Trinajstić information content (AvgIpc) is 2.56. The molecule has 1 heterocycles. The number of hydrogen-bond donors (Lipinski definition) is 2. The van der Waals surface area contributed by atoms with Crippen LogP contribution >= 0.6 is 12.4 Å². The van der Waals surface area contributed by atoms with Gasteiger partial charge in [-0.25, -0.2) is 8.42 Å². The summed E-state index contributed by atoms with van der Waals surface area (Å²) in [4.78, 5) is 10.9. The van der Waals surface area contributed by atoms with Crippen molar-refractivity contribution in [1.29, 1.82) is 0 Å². The van der Waals surface area contributed by atoms with Crippen LogP contribution in [0.2, 0.25) is 0 Å². The summed E-state index contributed by atoms with van der Waals surface area (Å²) in [7, 11) is -2.02. The second-order valence-electron chi connectivity index (χ2n) is 6.48. The van der Waals surface area contributed by atoms with E-state index >= 15 is 0 Å². The number of hydrogen-bond acceptors (Lipinski definition) is 5. The van der Waals surface area contributed by atoms with Gasteiger partial charge in [0.05, 0.1) is 18.6 Å². The minimum Gasteiger partial charge on any atom is -0.496 e. The standard InChI is InChI=1S/C17H26N2O5S.ClH/c1-12-8-16(13(2)7-15(12)24-3)25(22,23)19-6-4-5-14(11-19)9-18-10-17(20)21;/h7-8,14,18H,4-6,9-11H2,1-3H3,(H,20,21);1H. The van der Waals surface area contributed by atoms with Crippen molar-refractivity contribution in [1.82, 2.24) is 9.62 Å². The summed E-state index contributed by atoms with van der Waals surface area (Å²) in [6, 6.07) is 3.41. The van der Waals surface area contributed by atoms with E-state index in [0.29, 0.717) is 35.8 Å². The highest BCUT2D eigenvalue weighted by molar-refractivity contribution is 7.89. The van der Waals surface area contributed by atoms with Crippen LogP contribution in [-0.4, -0.2) is 57.1 Å². The zero-order valence-corrected chi connectivity index (χ0v) is 17.0. The van der Waals surface area contributed by atoms with Crippen LogP contribution in [0.4, 0.5) is 0 Å². The molecule has 1 unspecified atom stereocenters. The highest BCUT2D eigenvalue weighted by Gasteiger charge is 2.31. The van der Waals surface area contributed by atoms with Gasteiger partial charge in [-0.05, 0) is 62.4 Å². The number of piperidine rings is 1. The fourth-order valence-electron chi connectivity index (χ4n) is 3.20. The number of sulfonamides is 1. The van der Waals surface area contributed by atoms with Crippen molar-refractivity contribution in [3.63, 3.8) is 0 Å². The lowest BCUT2D eigenvalue weighted by Gasteiger charge is -2.32. The van der Waals surface area contributed by atoms with E-state index in [1.165, 1.54) is 4.31 Å². The maximum Gasteiger partial charge on any atom is 0.317 e. The first-order chi connectivity index (χ1) is 11.8. The zero-order chi connectivity index (χ0) is 18.6. The van der Waals surface area contributed by atoms with E-state index in [0.717, 1.165) is 18.4 Å². The first kappa shape index (κ1) is 22.7. The molecule has 0 spiro atoms. The van der Waals surface area contributed by atoms with Gasteiger partial charge >= 0.3 is 5.97 Å². The van der Waals surface area contributed by atoms with Gasteiger partial charge in [-0.15, -0.1) is 12.4 Å². The Kier molecular flexibility index (Phi) is 8.33. The molecule has 7 nitrogen and oxygen atoms in total. The van der Waals surface area contributed by atoms with Crippen molar-refractivity contribution in [2.24, 2.45) is 5.92 Å². The number of nitrogens with one attached hydrogen (secondary N) is 1. The number of aryl methyl sites for hydroxylation is 2. The maximum absolute atomic E-state index is 13.1. The summed E-state index contributed by atoms with van der Waals surface area (Å²) in [6.45, 7) is 4.87. The molecular weight excluding hydrogens is 380 g/mol. The SMILES string of the molecule is COc1cc(C)c(S(=O)(=O)N2CCCC(CNCC(=O)O)C2)cc1C.Cl. The molecule has 1 aromatic carbocycles. The lowest BCUT2D eigenvalue weighted by molar-refractivity contribution is -0.136. The fourth-order valence-corrected chi connectivity index (χ4v) is 5.04. The molecule has 1 aromatic rings. The van der Waals surface area contributed by atoms with Gasteiger partial charge in [0.2, 0.25) is 10.0 Å². The zero-order valence-electron chi connectivity index (χ0n) is 15.3. The van der Waals surface area contributed by atoms with E-state index in [1.54, 1.807) is 26.2 Å². The molecule has 2 rings (SSSR count). The second kappa shape index (κ2) is 9.55. The summed E-state index contributed by atoms with van der Waals surface area (Å²) >= 11 is 0. The van der Waals surface area contributed by atoms with E-state index in [1.807, 2.05) is 6.92 Å². The molecule has 26 heavy (non-hydrogen) atoms. The van der Waals surface area contributed by atoms with Crippen LogP contribution in [0, 0.1) is 19.8 Å². The summed E-state index contributed by atoms with van der Waals surface area (Å²) in [5.74, 6) is -0.127. The van der Waals surface area contributed by atoms with E-state index in [-0.39, 0.29) is 24.9 Å². The van der Waals surface area contributed by atoms with Crippen LogP contribution in [-0.2, 0) is 14.8 Å². The number of nitrogens with zero attached hydrogens (tertiary/aromatic N) is 1. The Labute approximate surface area is 161 Å².